The van der Waals surface area contributed by atoms with E-state index in [9.17, 15) is 4.79 Å². The van der Waals surface area contributed by atoms with Gasteiger partial charge >= 0.3 is 0 Å². The first-order valence-electron chi connectivity index (χ1n) is 10.4. The summed E-state index contributed by atoms with van der Waals surface area (Å²) < 4.78 is 7.87. The van der Waals surface area contributed by atoms with Crippen molar-refractivity contribution in [1.29, 1.82) is 0 Å². The van der Waals surface area contributed by atoms with Crippen molar-refractivity contribution in [3.8, 4) is 5.75 Å². The molecule has 4 aromatic rings. The number of amides is 1. The van der Waals surface area contributed by atoms with Crippen molar-refractivity contribution in [2.24, 2.45) is 0 Å². The minimum atomic E-state index is -0.118. The van der Waals surface area contributed by atoms with E-state index in [1.54, 1.807) is 23.5 Å². The molecule has 31 heavy (non-hydrogen) atoms. The molecule has 0 spiro atoms. The van der Waals surface area contributed by atoms with E-state index in [1.807, 2.05) is 48.0 Å². The average Bonchev–Trinajstić information content (AvgIpc) is 3.39. The summed E-state index contributed by atoms with van der Waals surface area (Å²) in [5, 5.41) is 6.16. The Kier molecular flexibility index (Phi) is 6.32. The van der Waals surface area contributed by atoms with Crippen LogP contribution in [-0.4, -0.2) is 26.8 Å². The van der Waals surface area contributed by atoms with Crippen molar-refractivity contribution in [2.75, 3.05) is 6.54 Å². The van der Waals surface area contributed by atoms with Gasteiger partial charge in [-0.05, 0) is 36.8 Å². The largest absolute Gasteiger partial charge is 0.487 e. The molecule has 0 aliphatic rings. The van der Waals surface area contributed by atoms with Crippen LogP contribution >= 0.6 is 11.3 Å². The van der Waals surface area contributed by atoms with Crippen LogP contribution in [0.1, 0.15) is 52.1 Å². The number of hydrogen-bond acceptors (Lipinski definition) is 5. The van der Waals surface area contributed by atoms with Gasteiger partial charge in [0.2, 0.25) is 0 Å². The number of fused-ring (bicyclic) bond motifs is 1. The molecular formula is C24H26N4O2S. The van der Waals surface area contributed by atoms with E-state index < -0.39 is 0 Å². The van der Waals surface area contributed by atoms with Crippen LogP contribution in [0.15, 0.2) is 54.2 Å². The normalized spacial score (nSPS) is 11.2. The number of imidazole rings is 1. The molecule has 0 saturated heterocycles. The molecule has 6 nitrogen and oxygen atoms in total. The summed E-state index contributed by atoms with van der Waals surface area (Å²) in [6.07, 6.45) is 4.71. The molecule has 0 aliphatic heterocycles. The lowest BCUT2D eigenvalue weighted by atomic mass is 10.2. The molecule has 0 aliphatic carbocycles. The SMILES string of the molecule is Cc1ccc2nc(COc3cccc(C(=O)NCCc4csc(C(C)C)n4)c3)cn2c1. The van der Waals surface area contributed by atoms with Crippen molar-refractivity contribution in [3.05, 3.63) is 81.7 Å². The maximum Gasteiger partial charge on any atom is 0.251 e. The maximum absolute atomic E-state index is 12.5. The summed E-state index contributed by atoms with van der Waals surface area (Å²) in [5.74, 6) is 0.954. The van der Waals surface area contributed by atoms with Gasteiger partial charge < -0.3 is 14.5 Å². The predicted molar refractivity (Wildman–Crippen MR) is 123 cm³/mol. The third-order valence-electron chi connectivity index (χ3n) is 4.86. The first kappa shape index (κ1) is 21.1. The van der Waals surface area contributed by atoms with Crippen molar-refractivity contribution >= 4 is 22.9 Å². The van der Waals surface area contributed by atoms with E-state index in [4.69, 9.17) is 4.74 Å². The molecule has 3 aromatic heterocycles. The van der Waals surface area contributed by atoms with Gasteiger partial charge in [0, 0.05) is 42.2 Å². The molecule has 160 valence electrons. The van der Waals surface area contributed by atoms with Gasteiger partial charge in [-0.2, -0.15) is 0 Å². The highest BCUT2D eigenvalue weighted by molar-refractivity contribution is 7.09. The number of carbonyl (C=O) groups excluding carboxylic acids is 1. The number of aromatic nitrogens is 3. The number of thiazole rings is 1. The van der Waals surface area contributed by atoms with Gasteiger partial charge in [0.25, 0.3) is 5.91 Å². The van der Waals surface area contributed by atoms with E-state index >= 15 is 0 Å². The summed E-state index contributed by atoms with van der Waals surface area (Å²) >= 11 is 1.67. The van der Waals surface area contributed by atoms with Crippen molar-refractivity contribution < 1.29 is 9.53 Å². The number of carbonyl (C=O) groups is 1. The topological polar surface area (TPSA) is 68.5 Å². The van der Waals surface area contributed by atoms with E-state index in [1.165, 1.54) is 5.56 Å². The highest BCUT2D eigenvalue weighted by Crippen LogP contribution is 2.19. The van der Waals surface area contributed by atoms with Crippen LogP contribution in [0.3, 0.4) is 0 Å². The van der Waals surface area contributed by atoms with Gasteiger partial charge in [0.05, 0.1) is 16.4 Å². The zero-order chi connectivity index (χ0) is 21.8. The monoisotopic (exact) mass is 434 g/mol. The number of aryl methyl sites for hydroxylation is 1. The van der Waals surface area contributed by atoms with Gasteiger partial charge in [-0.3, -0.25) is 4.79 Å². The van der Waals surface area contributed by atoms with Crippen molar-refractivity contribution in [2.45, 2.75) is 39.7 Å². The van der Waals surface area contributed by atoms with E-state index in [-0.39, 0.29) is 5.91 Å². The predicted octanol–water partition coefficient (Wildman–Crippen LogP) is 4.77. The molecular weight excluding hydrogens is 408 g/mol. The van der Waals surface area contributed by atoms with E-state index in [0.29, 0.717) is 30.4 Å². The van der Waals surface area contributed by atoms with E-state index in [0.717, 1.165) is 28.5 Å². The summed E-state index contributed by atoms with van der Waals surface area (Å²) in [6, 6.07) is 11.2. The zero-order valence-corrected chi connectivity index (χ0v) is 18.8. The van der Waals surface area contributed by atoms with Gasteiger partial charge in [-0.1, -0.05) is 26.0 Å². The smallest absolute Gasteiger partial charge is 0.251 e. The molecule has 1 N–H and O–H groups in total. The van der Waals surface area contributed by atoms with E-state index in [2.05, 4.69) is 34.5 Å². The Morgan fingerprint density at radius 1 is 1.16 bits per heavy atom. The van der Waals surface area contributed by atoms with Crippen LogP contribution in [0, 0.1) is 6.92 Å². The fourth-order valence-corrected chi connectivity index (χ4v) is 4.09. The lowest BCUT2D eigenvalue weighted by Crippen LogP contribution is -2.25. The Hall–Kier alpha value is -3.19. The zero-order valence-electron chi connectivity index (χ0n) is 18.0. The first-order chi connectivity index (χ1) is 15.0. The Morgan fingerprint density at radius 3 is 2.84 bits per heavy atom. The number of nitrogens with one attached hydrogen (secondary N) is 1. The van der Waals surface area contributed by atoms with Crippen LogP contribution in [0.2, 0.25) is 0 Å². The molecule has 0 saturated carbocycles. The standard InChI is InChI=1S/C24H26N4O2S/c1-16(2)24-27-19(15-31-24)9-10-25-23(29)18-5-4-6-21(11-18)30-14-20-13-28-12-17(3)7-8-22(28)26-20/h4-8,11-13,15-16H,9-10,14H2,1-3H3,(H,25,29). The van der Waals surface area contributed by atoms with Crippen molar-refractivity contribution in [3.63, 3.8) is 0 Å². The fraction of sp³-hybridized carbons (Fsp3) is 0.292. The first-order valence-corrected chi connectivity index (χ1v) is 11.3. The second kappa shape index (κ2) is 9.31. The Morgan fingerprint density at radius 2 is 2.03 bits per heavy atom. The second-order valence-electron chi connectivity index (χ2n) is 7.86. The molecule has 0 unspecified atom stereocenters. The van der Waals surface area contributed by atoms with Crippen LogP contribution in [0.4, 0.5) is 0 Å². The van der Waals surface area contributed by atoms with Gasteiger partial charge in [0.1, 0.15) is 18.0 Å². The lowest BCUT2D eigenvalue weighted by molar-refractivity contribution is 0.0953. The number of hydrogen-bond donors (Lipinski definition) is 1. The summed E-state index contributed by atoms with van der Waals surface area (Å²) in [6.45, 7) is 7.20. The number of benzene rings is 1. The third-order valence-corrected chi connectivity index (χ3v) is 6.06. The Labute approximate surface area is 185 Å². The van der Waals surface area contributed by atoms with Crippen LogP contribution in [0.5, 0.6) is 5.75 Å². The quantitative estimate of drug-likeness (QED) is 0.434. The summed E-state index contributed by atoms with van der Waals surface area (Å²) in [4.78, 5) is 21.7. The number of nitrogens with zero attached hydrogens (tertiary/aromatic N) is 3. The van der Waals surface area contributed by atoms with Gasteiger partial charge in [0.15, 0.2) is 0 Å². The summed E-state index contributed by atoms with van der Waals surface area (Å²) in [7, 11) is 0. The Balaban J connectivity index is 1.31. The van der Waals surface area contributed by atoms with Crippen molar-refractivity contribution in [1.82, 2.24) is 19.7 Å². The van der Waals surface area contributed by atoms with Gasteiger partial charge in [-0.15, -0.1) is 11.3 Å². The second-order valence-corrected chi connectivity index (χ2v) is 8.75. The number of rotatable bonds is 8. The third kappa shape index (κ3) is 5.30. The minimum absolute atomic E-state index is 0.118. The van der Waals surface area contributed by atoms with Gasteiger partial charge in [-0.25, -0.2) is 9.97 Å². The highest BCUT2D eigenvalue weighted by atomic mass is 32.1. The molecule has 0 atom stereocenters. The van der Waals surface area contributed by atoms with Crippen LogP contribution < -0.4 is 10.1 Å². The summed E-state index contributed by atoms with van der Waals surface area (Å²) in [5.41, 5.74) is 4.49. The molecule has 0 bridgehead atoms. The average molecular weight is 435 g/mol. The lowest BCUT2D eigenvalue weighted by Gasteiger charge is -2.08. The molecule has 1 aromatic carbocycles. The fourth-order valence-electron chi connectivity index (χ4n) is 3.22. The molecule has 4 rings (SSSR count). The molecule has 3 heterocycles. The minimum Gasteiger partial charge on any atom is -0.487 e. The highest BCUT2D eigenvalue weighted by Gasteiger charge is 2.09. The molecule has 0 radical (unpaired) electrons. The number of ether oxygens (including phenoxy) is 1. The maximum atomic E-state index is 12.5. The molecule has 7 heteroatoms. The Bertz CT molecular complexity index is 1200. The van der Waals surface area contributed by atoms with Crippen LogP contribution in [-0.2, 0) is 13.0 Å². The molecule has 1 amide bonds. The number of pyridine rings is 1. The molecule has 0 fully saturated rings. The van der Waals surface area contributed by atoms with Crippen LogP contribution in [0.25, 0.3) is 5.65 Å².